The minimum Gasteiger partial charge on any atom is -0.510 e. The Morgan fingerprint density at radius 3 is 2.59 bits per heavy atom. The van der Waals surface area contributed by atoms with Crippen LogP contribution >= 0.6 is 0 Å². The molecule has 2 amide bonds. The van der Waals surface area contributed by atoms with Crippen molar-refractivity contribution in [2.24, 2.45) is 5.10 Å². The lowest BCUT2D eigenvalue weighted by molar-refractivity contribution is -0.139. The highest BCUT2D eigenvalue weighted by atomic mass is 16.3. The molecule has 6 heteroatoms. The summed E-state index contributed by atoms with van der Waals surface area (Å²) in [5.41, 5.74) is 4.73. The zero-order valence-electron chi connectivity index (χ0n) is 12.7. The van der Waals surface area contributed by atoms with Crippen molar-refractivity contribution >= 4 is 23.2 Å². The van der Waals surface area contributed by atoms with Crippen LogP contribution in [-0.4, -0.2) is 34.1 Å². The third-order valence-electron chi connectivity index (χ3n) is 3.45. The van der Waals surface area contributed by atoms with Gasteiger partial charge in [-0.3, -0.25) is 19.9 Å². The number of nitrogens with zero attached hydrogens (tertiary/aromatic N) is 2. The molecule has 0 saturated carbocycles. The lowest BCUT2D eigenvalue weighted by atomic mass is 10.1. The quantitative estimate of drug-likeness (QED) is 0.646. The molecule has 0 unspecified atom stereocenters. The van der Waals surface area contributed by atoms with E-state index in [0.717, 1.165) is 16.3 Å². The Morgan fingerprint density at radius 1 is 1.36 bits per heavy atom. The number of imide groups is 1. The molecule has 1 heterocycles. The number of hydrogen-bond donors (Lipinski definition) is 2. The van der Waals surface area contributed by atoms with Gasteiger partial charge in [0.2, 0.25) is 5.91 Å². The minimum absolute atomic E-state index is 0.0490. The van der Waals surface area contributed by atoms with E-state index in [9.17, 15) is 14.7 Å². The maximum absolute atomic E-state index is 12.1. The first kappa shape index (κ1) is 15.8. The van der Waals surface area contributed by atoms with Crippen LogP contribution in [0.1, 0.15) is 26.7 Å². The van der Waals surface area contributed by atoms with Gasteiger partial charge in [-0.1, -0.05) is 25.1 Å². The second kappa shape index (κ2) is 6.89. The lowest BCUT2D eigenvalue weighted by Gasteiger charge is -2.11. The van der Waals surface area contributed by atoms with Crippen LogP contribution in [0.3, 0.4) is 0 Å². The van der Waals surface area contributed by atoms with Crippen molar-refractivity contribution < 1.29 is 14.7 Å². The van der Waals surface area contributed by atoms with Gasteiger partial charge in [0.25, 0.3) is 5.91 Å². The normalized spacial score (nSPS) is 15.5. The molecular formula is C16H19N3O3. The van der Waals surface area contributed by atoms with Gasteiger partial charge in [0.1, 0.15) is 5.76 Å². The summed E-state index contributed by atoms with van der Waals surface area (Å²) in [6.45, 7) is 3.18. The summed E-state index contributed by atoms with van der Waals surface area (Å²) in [7, 11) is 0. The number of carbonyl (C=O) groups excluding carboxylic acids is 2. The highest BCUT2D eigenvalue weighted by Crippen LogP contribution is 2.21. The summed E-state index contributed by atoms with van der Waals surface area (Å²) in [4.78, 5) is 24.5. The van der Waals surface area contributed by atoms with E-state index in [0.29, 0.717) is 6.42 Å². The van der Waals surface area contributed by atoms with Crippen molar-refractivity contribution in [3.05, 3.63) is 41.7 Å². The maximum Gasteiger partial charge on any atom is 0.260 e. The average Bonchev–Trinajstić information content (AvgIpc) is 2.80. The second-order valence-electron chi connectivity index (χ2n) is 5.02. The van der Waals surface area contributed by atoms with Gasteiger partial charge in [-0.15, -0.1) is 0 Å². The van der Waals surface area contributed by atoms with Crippen LogP contribution < -0.4 is 5.43 Å². The standard InChI is InChI=1S/C16H19N3O3/c1-3-12(17-18-13-7-5-4-6-8-13)9-14-15(21)10-19(11(2)20)16(14)22/h4-8,18,21H,3,9-10H2,1-2H3/b17-12+. The van der Waals surface area contributed by atoms with Crippen LogP contribution in [0.15, 0.2) is 46.8 Å². The number of anilines is 1. The average molecular weight is 301 g/mol. The van der Waals surface area contributed by atoms with Crippen molar-refractivity contribution in [2.45, 2.75) is 26.7 Å². The highest BCUT2D eigenvalue weighted by Gasteiger charge is 2.33. The van der Waals surface area contributed by atoms with Gasteiger partial charge < -0.3 is 5.11 Å². The summed E-state index contributed by atoms with van der Waals surface area (Å²) in [5.74, 6) is -0.865. The van der Waals surface area contributed by atoms with E-state index in [1.807, 2.05) is 37.3 Å². The van der Waals surface area contributed by atoms with Crippen LogP contribution in [-0.2, 0) is 9.59 Å². The van der Waals surface area contributed by atoms with E-state index in [4.69, 9.17) is 0 Å². The molecule has 0 saturated heterocycles. The Balaban J connectivity index is 2.08. The van der Waals surface area contributed by atoms with Crippen molar-refractivity contribution in [3.63, 3.8) is 0 Å². The molecule has 0 aromatic heterocycles. The van der Waals surface area contributed by atoms with Gasteiger partial charge >= 0.3 is 0 Å². The zero-order chi connectivity index (χ0) is 16.1. The molecule has 2 rings (SSSR count). The first-order valence-corrected chi connectivity index (χ1v) is 7.12. The molecule has 1 aromatic carbocycles. The van der Waals surface area contributed by atoms with Crippen LogP contribution in [0.25, 0.3) is 0 Å². The second-order valence-corrected chi connectivity index (χ2v) is 5.02. The molecule has 116 valence electrons. The Hall–Kier alpha value is -2.63. The van der Waals surface area contributed by atoms with E-state index in [2.05, 4.69) is 10.5 Å². The van der Waals surface area contributed by atoms with Gasteiger partial charge in [-0.05, 0) is 18.6 Å². The molecule has 0 aliphatic carbocycles. The number of aliphatic hydroxyl groups is 1. The summed E-state index contributed by atoms with van der Waals surface area (Å²) in [6.07, 6.45) is 0.856. The van der Waals surface area contributed by atoms with E-state index in [-0.39, 0.29) is 30.2 Å². The Kier molecular flexibility index (Phi) is 4.93. The predicted molar refractivity (Wildman–Crippen MR) is 84.5 cm³/mol. The molecule has 2 N–H and O–H groups in total. The van der Waals surface area contributed by atoms with Crippen molar-refractivity contribution in [1.29, 1.82) is 0 Å². The van der Waals surface area contributed by atoms with Crippen LogP contribution in [0, 0.1) is 0 Å². The number of benzene rings is 1. The molecule has 22 heavy (non-hydrogen) atoms. The highest BCUT2D eigenvalue weighted by molar-refractivity contribution is 6.09. The smallest absolute Gasteiger partial charge is 0.260 e. The Labute approximate surface area is 129 Å². The predicted octanol–water partition coefficient (Wildman–Crippen LogP) is 2.46. The molecule has 1 aromatic rings. The number of hydrogen-bond acceptors (Lipinski definition) is 5. The largest absolute Gasteiger partial charge is 0.510 e. The van der Waals surface area contributed by atoms with Crippen molar-refractivity contribution in [2.75, 3.05) is 12.0 Å². The molecule has 0 fully saturated rings. The molecule has 6 nitrogen and oxygen atoms in total. The minimum atomic E-state index is -0.439. The molecule has 1 aliphatic rings. The summed E-state index contributed by atoms with van der Waals surface area (Å²) < 4.78 is 0. The fourth-order valence-corrected chi connectivity index (χ4v) is 2.14. The van der Waals surface area contributed by atoms with Crippen LogP contribution in [0.4, 0.5) is 5.69 Å². The van der Waals surface area contributed by atoms with Crippen LogP contribution in [0.5, 0.6) is 0 Å². The molecular weight excluding hydrogens is 282 g/mol. The van der Waals surface area contributed by atoms with E-state index in [1.54, 1.807) is 0 Å². The summed E-state index contributed by atoms with van der Waals surface area (Å²) in [5, 5.41) is 14.2. The van der Waals surface area contributed by atoms with Gasteiger partial charge in [0.05, 0.1) is 17.8 Å². The first-order chi connectivity index (χ1) is 10.5. The molecule has 0 atom stereocenters. The molecule has 0 spiro atoms. The van der Waals surface area contributed by atoms with Crippen molar-refractivity contribution in [1.82, 2.24) is 4.90 Å². The topological polar surface area (TPSA) is 82.0 Å². The number of aliphatic hydroxyl groups excluding tert-OH is 1. The van der Waals surface area contributed by atoms with Gasteiger partial charge in [-0.25, -0.2) is 0 Å². The fourth-order valence-electron chi connectivity index (χ4n) is 2.14. The fraction of sp³-hybridized carbons (Fsp3) is 0.312. The number of para-hydroxylation sites is 1. The number of amides is 2. The summed E-state index contributed by atoms with van der Waals surface area (Å²) in [6, 6.07) is 9.45. The monoisotopic (exact) mass is 301 g/mol. The van der Waals surface area contributed by atoms with Gasteiger partial charge in [-0.2, -0.15) is 5.10 Å². The molecule has 1 aliphatic heterocycles. The molecule has 0 radical (unpaired) electrons. The third kappa shape index (κ3) is 3.52. The third-order valence-corrected chi connectivity index (χ3v) is 3.45. The SMILES string of the molecule is CC/C(CC1=C(O)CN(C(C)=O)C1=O)=N\Nc1ccccc1. The lowest BCUT2D eigenvalue weighted by Crippen LogP contribution is -2.32. The van der Waals surface area contributed by atoms with E-state index in [1.165, 1.54) is 6.92 Å². The Morgan fingerprint density at radius 2 is 2.05 bits per heavy atom. The van der Waals surface area contributed by atoms with Gasteiger partial charge in [0, 0.05) is 19.1 Å². The maximum atomic E-state index is 12.1. The Bertz CT molecular complexity index is 635. The number of rotatable bonds is 5. The van der Waals surface area contributed by atoms with Crippen LogP contribution in [0.2, 0.25) is 0 Å². The van der Waals surface area contributed by atoms with E-state index < -0.39 is 5.91 Å². The summed E-state index contributed by atoms with van der Waals surface area (Å²) >= 11 is 0. The van der Waals surface area contributed by atoms with Gasteiger partial charge in [0.15, 0.2) is 0 Å². The number of hydrazone groups is 1. The molecule has 0 bridgehead atoms. The number of carbonyl (C=O) groups is 2. The first-order valence-electron chi connectivity index (χ1n) is 7.12. The number of nitrogens with one attached hydrogen (secondary N) is 1. The van der Waals surface area contributed by atoms with Crippen molar-refractivity contribution in [3.8, 4) is 0 Å². The van der Waals surface area contributed by atoms with E-state index >= 15 is 0 Å². The zero-order valence-corrected chi connectivity index (χ0v) is 12.7.